The first-order valence-electron chi connectivity index (χ1n) is 5.10. The third-order valence-corrected chi connectivity index (χ3v) is 3.10. The summed E-state index contributed by atoms with van der Waals surface area (Å²) in [5.74, 6) is 2.52. The van der Waals surface area contributed by atoms with Crippen LogP contribution in [0.5, 0.6) is 11.5 Å². The molecule has 2 N–H and O–H groups in total. The number of nitrogens with two attached hydrogens (primary N) is 1. The number of hydrogen-bond acceptors (Lipinski definition) is 4. The van der Waals surface area contributed by atoms with E-state index >= 15 is 0 Å². The fourth-order valence-corrected chi connectivity index (χ4v) is 2.23. The molecule has 1 aliphatic heterocycles. The predicted octanol–water partition coefficient (Wildman–Crippen LogP) is 2.38. The van der Waals surface area contributed by atoms with Crippen LogP contribution in [-0.4, -0.2) is 12.5 Å². The lowest BCUT2D eigenvalue weighted by Crippen LogP contribution is -2.03. The number of rotatable bonds is 4. The van der Waals surface area contributed by atoms with Gasteiger partial charge in [-0.2, -0.15) is 0 Å². The molecule has 1 heterocycles. The summed E-state index contributed by atoms with van der Waals surface area (Å²) in [6.07, 6.45) is 1.00. The quantitative estimate of drug-likeness (QED) is 0.854. The molecule has 1 aromatic carbocycles. The van der Waals surface area contributed by atoms with Crippen molar-refractivity contribution >= 4 is 11.8 Å². The molecule has 15 heavy (non-hydrogen) atoms. The van der Waals surface area contributed by atoms with Crippen molar-refractivity contribution in [1.29, 1.82) is 0 Å². The number of hydrogen-bond donors (Lipinski definition) is 1. The van der Waals surface area contributed by atoms with Crippen LogP contribution in [0.15, 0.2) is 17.0 Å². The van der Waals surface area contributed by atoms with Gasteiger partial charge in [0.1, 0.15) is 17.4 Å². The van der Waals surface area contributed by atoms with Crippen LogP contribution >= 0.6 is 11.8 Å². The van der Waals surface area contributed by atoms with Gasteiger partial charge in [-0.25, -0.2) is 0 Å². The minimum Gasteiger partial charge on any atom is -0.493 e. The third-order valence-electron chi connectivity index (χ3n) is 2.24. The van der Waals surface area contributed by atoms with Crippen molar-refractivity contribution < 1.29 is 9.47 Å². The molecule has 4 heteroatoms. The minimum atomic E-state index is 0.486. The van der Waals surface area contributed by atoms with Gasteiger partial charge in [0.15, 0.2) is 0 Å². The SMILES string of the molecule is CCCOc1cc2c(cc1CN)OCS2. The highest BCUT2D eigenvalue weighted by Gasteiger charge is 2.16. The number of ether oxygens (including phenoxy) is 2. The largest absolute Gasteiger partial charge is 0.493 e. The van der Waals surface area contributed by atoms with E-state index < -0.39 is 0 Å². The molecule has 0 atom stereocenters. The van der Waals surface area contributed by atoms with Crippen molar-refractivity contribution in [2.24, 2.45) is 5.73 Å². The molecule has 0 unspecified atom stereocenters. The van der Waals surface area contributed by atoms with E-state index in [1.807, 2.05) is 12.1 Å². The average Bonchev–Trinajstić information content (AvgIpc) is 2.71. The van der Waals surface area contributed by atoms with Gasteiger partial charge < -0.3 is 15.2 Å². The molecular formula is C11H15NO2S. The number of benzene rings is 1. The summed E-state index contributed by atoms with van der Waals surface area (Å²) in [4.78, 5) is 1.15. The number of fused-ring (bicyclic) bond motifs is 1. The predicted molar refractivity (Wildman–Crippen MR) is 61.5 cm³/mol. The molecule has 0 fully saturated rings. The first kappa shape index (κ1) is 10.6. The van der Waals surface area contributed by atoms with E-state index in [1.165, 1.54) is 0 Å². The summed E-state index contributed by atoms with van der Waals surface area (Å²) in [5.41, 5.74) is 6.69. The first-order valence-corrected chi connectivity index (χ1v) is 6.09. The Kier molecular flexibility index (Phi) is 3.38. The molecule has 0 aliphatic carbocycles. The zero-order valence-corrected chi connectivity index (χ0v) is 9.60. The second-order valence-electron chi connectivity index (χ2n) is 3.37. The van der Waals surface area contributed by atoms with Gasteiger partial charge in [0.05, 0.1) is 11.5 Å². The Bertz CT molecular complexity index is 355. The fourth-order valence-electron chi connectivity index (χ4n) is 1.47. The van der Waals surface area contributed by atoms with Crippen LogP contribution in [0.1, 0.15) is 18.9 Å². The lowest BCUT2D eigenvalue weighted by molar-refractivity contribution is 0.312. The smallest absolute Gasteiger partial charge is 0.138 e. The standard InChI is InChI=1S/C11H15NO2S/c1-2-3-13-9-5-11-10(14-7-15-11)4-8(9)6-12/h4-5H,2-3,6-7,12H2,1H3. The summed E-state index contributed by atoms with van der Waals surface area (Å²) in [5, 5.41) is 0. The summed E-state index contributed by atoms with van der Waals surface area (Å²) in [6.45, 7) is 3.31. The molecule has 0 amide bonds. The van der Waals surface area contributed by atoms with Gasteiger partial charge in [0.2, 0.25) is 0 Å². The van der Waals surface area contributed by atoms with Crippen molar-refractivity contribution in [1.82, 2.24) is 0 Å². The van der Waals surface area contributed by atoms with E-state index in [1.54, 1.807) is 11.8 Å². The van der Waals surface area contributed by atoms with Crippen LogP contribution in [0.4, 0.5) is 0 Å². The molecule has 0 aromatic heterocycles. The molecule has 0 radical (unpaired) electrons. The zero-order chi connectivity index (χ0) is 10.7. The highest BCUT2D eigenvalue weighted by atomic mass is 32.2. The molecule has 3 nitrogen and oxygen atoms in total. The van der Waals surface area contributed by atoms with Crippen LogP contribution in [0.25, 0.3) is 0 Å². The molecular weight excluding hydrogens is 210 g/mol. The highest BCUT2D eigenvalue weighted by Crippen LogP contribution is 2.40. The van der Waals surface area contributed by atoms with E-state index in [0.29, 0.717) is 12.5 Å². The van der Waals surface area contributed by atoms with Gasteiger partial charge in [0, 0.05) is 12.1 Å². The average molecular weight is 225 g/mol. The first-order chi connectivity index (χ1) is 7.35. The van der Waals surface area contributed by atoms with Gasteiger partial charge in [-0.3, -0.25) is 0 Å². The summed E-state index contributed by atoms with van der Waals surface area (Å²) >= 11 is 1.69. The molecule has 0 spiro atoms. The Morgan fingerprint density at radius 1 is 1.53 bits per heavy atom. The molecule has 0 saturated carbocycles. The van der Waals surface area contributed by atoms with E-state index in [2.05, 4.69) is 6.92 Å². The normalized spacial score (nSPS) is 13.5. The molecule has 0 bridgehead atoms. The lowest BCUT2D eigenvalue weighted by atomic mass is 10.2. The summed E-state index contributed by atoms with van der Waals surface area (Å²) in [6, 6.07) is 4.02. The molecule has 82 valence electrons. The third kappa shape index (κ3) is 2.21. The van der Waals surface area contributed by atoms with E-state index in [-0.39, 0.29) is 0 Å². The maximum absolute atomic E-state index is 5.67. The minimum absolute atomic E-state index is 0.486. The van der Waals surface area contributed by atoms with Gasteiger partial charge in [-0.1, -0.05) is 18.7 Å². The van der Waals surface area contributed by atoms with E-state index in [0.717, 1.165) is 35.0 Å². The maximum atomic E-state index is 5.67. The van der Waals surface area contributed by atoms with Crippen molar-refractivity contribution in [2.45, 2.75) is 24.8 Å². The fraction of sp³-hybridized carbons (Fsp3) is 0.455. The maximum Gasteiger partial charge on any atom is 0.138 e. The molecule has 1 aromatic rings. The van der Waals surface area contributed by atoms with Crippen LogP contribution < -0.4 is 15.2 Å². The van der Waals surface area contributed by atoms with Crippen molar-refractivity contribution in [3.8, 4) is 11.5 Å². The van der Waals surface area contributed by atoms with Gasteiger partial charge in [-0.05, 0) is 18.6 Å². The Morgan fingerprint density at radius 2 is 2.40 bits per heavy atom. The van der Waals surface area contributed by atoms with Crippen molar-refractivity contribution in [2.75, 3.05) is 12.5 Å². The highest BCUT2D eigenvalue weighted by molar-refractivity contribution is 7.99. The summed E-state index contributed by atoms with van der Waals surface area (Å²) < 4.78 is 11.1. The van der Waals surface area contributed by atoms with Crippen LogP contribution in [0.3, 0.4) is 0 Å². The Morgan fingerprint density at radius 3 is 3.13 bits per heavy atom. The number of thioether (sulfide) groups is 1. The summed E-state index contributed by atoms with van der Waals surface area (Å²) in [7, 11) is 0. The van der Waals surface area contributed by atoms with Gasteiger partial charge in [0.25, 0.3) is 0 Å². The zero-order valence-electron chi connectivity index (χ0n) is 8.79. The van der Waals surface area contributed by atoms with Crippen molar-refractivity contribution in [3.63, 3.8) is 0 Å². The second-order valence-corrected chi connectivity index (χ2v) is 4.33. The molecule has 0 saturated heterocycles. The molecule has 1 aliphatic rings. The second kappa shape index (κ2) is 4.77. The van der Waals surface area contributed by atoms with Crippen LogP contribution in [0.2, 0.25) is 0 Å². The monoisotopic (exact) mass is 225 g/mol. The van der Waals surface area contributed by atoms with Crippen LogP contribution in [-0.2, 0) is 6.54 Å². The van der Waals surface area contributed by atoms with Crippen LogP contribution in [0, 0.1) is 0 Å². The van der Waals surface area contributed by atoms with E-state index in [9.17, 15) is 0 Å². The topological polar surface area (TPSA) is 44.5 Å². The Balaban J connectivity index is 2.27. The Hall–Kier alpha value is -0.870. The van der Waals surface area contributed by atoms with E-state index in [4.69, 9.17) is 15.2 Å². The van der Waals surface area contributed by atoms with Gasteiger partial charge in [-0.15, -0.1) is 0 Å². The van der Waals surface area contributed by atoms with Gasteiger partial charge >= 0.3 is 0 Å². The Labute approximate surface area is 93.9 Å². The van der Waals surface area contributed by atoms with Crippen molar-refractivity contribution in [3.05, 3.63) is 17.7 Å². The molecule has 2 rings (SSSR count). The lowest BCUT2D eigenvalue weighted by Gasteiger charge is -2.11.